The first-order valence-corrected chi connectivity index (χ1v) is 32.7. The second-order valence-corrected chi connectivity index (χ2v) is 44.8. The van der Waals surface area contributed by atoms with Gasteiger partial charge in [-0.15, -0.1) is 0 Å². The van der Waals surface area contributed by atoms with Crippen molar-refractivity contribution in [3.63, 3.8) is 0 Å². The first-order valence-electron chi connectivity index (χ1n) is 12.0. The molecule has 0 heterocycles. The second kappa shape index (κ2) is 10.5. The van der Waals surface area contributed by atoms with Crippen molar-refractivity contribution in [2.75, 3.05) is 0 Å². The summed E-state index contributed by atoms with van der Waals surface area (Å²) in [7, 11) is -9.70. The van der Waals surface area contributed by atoms with Gasteiger partial charge in [0.05, 0.1) is 0 Å². The summed E-state index contributed by atoms with van der Waals surface area (Å²) in [6.07, 6.45) is 0. The van der Waals surface area contributed by atoms with Crippen LogP contribution in [-0.4, -0.2) is 72.1 Å². The molecule has 0 saturated carbocycles. The fourth-order valence-electron chi connectivity index (χ4n) is 4.60. The quantitative estimate of drug-likeness (QED) is 0.311. The van der Waals surface area contributed by atoms with Crippen LogP contribution in [0.2, 0.25) is 118 Å². The van der Waals surface area contributed by atoms with Crippen LogP contribution in [0, 0.1) is 0 Å². The Morgan fingerprint density at radius 1 is 0.419 bits per heavy atom. The molecule has 0 rings (SSSR count). The van der Waals surface area contributed by atoms with Gasteiger partial charge in [-0.05, 0) is 0 Å². The molecule has 0 amide bonds. The van der Waals surface area contributed by atoms with Gasteiger partial charge in [-0.25, -0.2) is 0 Å². The highest BCUT2D eigenvalue weighted by Gasteiger charge is 2.50. The van der Waals surface area contributed by atoms with E-state index in [2.05, 4.69) is 136 Å². The maximum atomic E-state index is 7.27. The van der Waals surface area contributed by atoms with Crippen LogP contribution >= 0.6 is 0 Å². The third kappa shape index (κ3) is 12.0. The summed E-state index contributed by atoms with van der Waals surface area (Å²) in [5.41, 5.74) is 0. The first kappa shape index (κ1) is 32.2. The molecule has 0 aromatic carbocycles. The molecular weight excluding hydrogens is 478 g/mol. The van der Waals surface area contributed by atoms with Crippen LogP contribution in [0.15, 0.2) is 0 Å². The van der Waals surface area contributed by atoms with E-state index in [9.17, 15) is 0 Å². The monoisotopic (exact) mass is 534 g/mol. The maximum absolute atomic E-state index is 7.27. The van der Waals surface area contributed by atoms with Crippen molar-refractivity contribution in [2.24, 2.45) is 0 Å². The summed E-state index contributed by atoms with van der Waals surface area (Å²) in [5.74, 6) is 0. The minimum Gasteiger partial charge on any atom is -0.447 e. The molecule has 184 valence electrons. The molecule has 0 fully saturated rings. The van der Waals surface area contributed by atoms with Crippen LogP contribution in [0.5, 0.6) is 0 Å². The summed E-state index contributed by atoms with van der Waals surface area (Å²) in [6, 6.07) is 0. The van der Waals surface area contributed by atoms with E-state index in [1.54, 1.807) is 0 Å². The summed E-state index contributed by atoms with van der Waals surface area (Å²) in [4.78, 5) is 8.07. The van der Waals surface area contributed by atoms with E-state index in [4.69, 9.17) is 4.57 Å². The van der Waals surface area contributed by atoms with Crippen LogP contribution in [-0.2, 0) is 4.57 Å². The van der Waals surface area contributed by atoms with Crippen molar-refractivity contribution in [3.05, 3.63) is 0 Å². The van der Waals surface area contributed by atoms with Gasteiger partial charge in [0.2, 0.25) is 0 Å². The van der Waals surface area contributed by atoms with Crippen molar-refractivity contribution >= 4 is 63.8 Å². The lowest BCUT2D eigenvalue weighted by Crippen LogP contribution is -2.79. The van der Waals surface area contributed by atoms with Crippen LogP contribution < -0.4 is 9.79 Å². The third-order valence-electron chi connectivity index (χ3n) is 4.73. The third-order valence-corrected chi connectivity index (χ3v) is 21.7. The van der Waals surface area contributed by atoms with Crippen molar-refractivity contribution in [3.8, 4) is 0 Å². The van der Waals surface area contributed by atoms with E-state index in [1.807, 2.05) is 0 Å². The summed E-state index contributed by atoms with van der Waals surface area (Å²) < 4.78 is 12.9. The Labute approximate surface area is 203 Å². The zero-order chi connectivity index (χ0) is 25.4. The summed E-state index contributed by atoms with van der Waals surface area (Å²) >= 11 is 0. The van der Waals surface area contributed by atoms with Crippen molar-refractivity contribution in [2.45, 2.75) is 118 Å². The van der Waals surface area contributed by atoms with E-state index >= 15 is 0 Å². The molecule has 0 aliphatic carbocycles. The smallest absolute Gasteiger partial charge is 0.441 e. The van der Waals surface area contributed by atoms with Gasteiger partial charge in [-0.1, -0.05) is 118 Å². The Morgan fingerprint density at radius 2 is 0.613 bits per heavy atom. The molecule has 2 N–H and O–H groups in total. The topological polar surface area (TPSA) is 39.8 Å². The number of hydrogen-bond acceptors (Lipinski definition) is 5. The van der Waals surface area contributed by atoms with Gasteiger partial charge in [0.15, 0.2) is 0 Å². The Morgan fingerprint density at radius 3 is 0.742 bits per heavy atom. The molecule has 0 atom stereocenters. The van der Waals surface area contributed by atoms with E-state index in [-0.39, 0.29) is 14.4 Å². The number of nitrogens with one attached hydrogen (secondary N) is 2. The first-order chi connectivity index (χ1) is 13.2. The van der Waals surface area contributed by atoms with E-state index in [1.165, 1.54) is 0 Å². The van der Waals surface area contributed by atoms with Gasteiger partial charge in [0.25, 0.3) is 0 Å². The lowest BCUT2D eigenvalue weighted by molar-refractivity contribution is 0.493. The fraction of sp³-hybridized carbons (Fsp3) is 1.00. The molecule has 0 aromatic heterocycles. The number of rotatable bonds is 12. The lowest BCUT2D eigenvalue weighted by atomic mass is 9.97. The van der Waals surface area contributed by atoms with Gasteiger partial charge in [-0.2, -0.15) is 0 Å². The number of hydrogen-bond donors (Lipinski definition) is 2. The standard InChI is InChI=1S/C18H56B2N4OSi6/c1-26(2,3)21-19(23(28(7,8)9)29(10,11)12)25-20(22-27(4,5)6)24(30(13,14)15)31(16,17)18/h21-22H,1-18H3. The van der Waals surface area contributed by atoms with Crippen LogP contribution in [0.3, 0.4) is 0 Å². The molecule has 0 bridgehead atoms. The molecule has 0 aliphatic heterocycles. The zero-order valence-electron chi connectivity index (χ0n) is 24.5. The largest absolute Gasteiger partial charge is 0.447 e. The SMILES string of the molecule is C[Si](C)(C)NB(OB(N[Si](C)(C)C)N([Si](C)(C)C)[Si](C)(C)C)N([Si](C)(C)C)[Si](C)(C)C. The minimum absolute atomic E-state index is 0.0333. The van der Waals surface area contributed by atoms with Crippen LogP contribution in [0.4, 0.5) is 0 Å². The fourth-order valence-corrected chi connectivity index (χ4v) is 26.4. The average Bonchev–Trinajstić information content (AvgIpc) is 2.25. The van der Waals surface area contributed by atoms with Gasteiger partial charge in [0, 0.05) is 0 Å². The predicted molar refractivity (Wildman–Crippen MR) is 163 cm³/mol. The molecule has 0 spiro atoms. The van der Waals surface area contributed by atoms with E-state index in [0.29, 0.717) is 0 Å². The van der Waals surface area contributed by atoms with Gasteiger partial charge < -0.3 is 22.6 Å². The van der Waals surface area contributed by atoms with E-state index in [0.717, 1.165) is 0 Å². The van der Waals surface area contributed by atoms with Gasteiger partial charge in [-0.3, -0.25) is 0 Å². The molecular formula is C18H56B2N4OSi6. The molecule has 0 aromatic rings. The highest BCUT2D eigenvalue weighted by molar-refractivity contribution is 7.03. The Hall–Kier alpha value is 1.23. The van der Waals surface area contributed by atoms with Crippen LogP contribution in [0.1, 0.15) is 0 Å². The van der Waals surface area contributed by atoms with Crippen molar-refractivity contribution in [1.82, 2.24) is 18.1 Å². The Balaban J connectivity index is 6.63. The molecule has 13 heteroatoms. The normalized spacial score (nSPS) is 15.1. The molecule has 0 radical (unpaired) electrons. The predicted octanol–water partition coefficient (Wildman–Crippen LogP) is 5.77. The van der Waals surface area contributed by atoms with Gasteiger partial charge >= 0.3 is 14.4 Å². The second-order valence-electron chi connectivity index (χ2n) is 15.1. The Bertz CT molecular complexity index is 497. The zero-order valence-corrected chi connectivity index (χ0v) is 30.5. The molecule has 0 unspecified atom stereocenters. The highest BCUT2D eigenvalue weighted by atomic mass is 28.4. The maximum Gasteiger partial charge on any atom is 0.441 e. The molecule has 0 saturated heterocycles. The van der Waals surface area contributed by atoms with E-state index < -0.39 is 49.4 Å². The lowest BCUT2D eigenvalue weighted by Gasteiger charge is -2.52. The van der Waals surface area contributed by atoms with Gasteiger partial charge in [0.1, 0.15) is 49.4 Å². The molecule has 0 aliphatic rings. The van der Waals surface area contributed by atoms with Crippen LogP contribution in [0.25, 0.3) is 0 Å². The number of nitrogens with zero attached hydrogens (tertiary/aromatic N) is 2. The molecule has 31 heavy (non-hydrogen) atoms. The van der Waals surface area contributed by atoms with Crippen molar-refractivity contribution in [1.29, 1.82) is 0 Å². The minimum atomic E-state index is -1.62. The van der Waals surface area contributed by atoms with Crippen molar-refractivity contribution < 1.29 is 4.57 Å². The summed E-state index contributed by atoms with van der Waals surface area (Å²) in [5, 5.41) is 0. The summed E-state index contributed by atoms with van der Waals surface area (Å²) in [6.45, 7) is 44.1. The average molecular weight is 535 g/mol. The Kier molecular flexibility index (Phi) is 10.9. The highest BCUT2D eigenvalue weighted by Crippen LogP contribution is 2.26. The molecule has 5 nitrogen and oxygen atoms in total.